The molecule has 63 heavy (non-hydrogen) atoms. The zero-order chi connectivity index (χ0) is 41.4. The molecule has 8 aromatic carbocycles. The van der Waals surface area contributed by atoms with Gasteiger partial charge in [0.2, 0.25) is 5.95 Å². The maximum Gasteiger partial charge on any atom is 0.235 e. The first-order valence-electron chi connectivity index (χ1n) is 21.2. The monoisotopic (exact) mass is 805 g/mol. The molecule has 0 spiro atoms. The number of hydrogen-bond donors (Lipinski definition) is 0. The van der Waals surface area contributed by atoms with E-state index in [2.05, 4.69) is 184 Å². The van der Waals surface area contributed by atoms with Crippen molar-refractivity contribution in [1.82, 2.24) is 24.1 Å². The largest absolute Gasteiger partial charge is 0.454 e. The van der Waals surface area contributed by atoms with E-state index in [-0.39, 0.29) is 0 Å². The van der Waals surface area contributed by atoms with Gasteiger partial charge < -0.3 is 8.98 Å². The molecule has 5 aromatic heterocycles. The average molecular weight is 806 g/mol. The van der Waals surface area contributed by atoms with Crippen LogP contribution in [0.15, 0.2) is 217 Å². The van der Waals surface area contributed by atoms with Crippen LogP contribution in [0.3, 0.4) is 0 Å². The maximum absolute atomic E-state index is 6.35. The molecule has 0 saturated carbocycles. The van der Waals surface area contributed by atoms with Crippen molar-refractivity contribution >= 4 is 65.7 Å². The molecule has 0 aliphatic carbocycles. The Morgan fingerprint density at radius 2 is 0.921 bits per heavy atom. The van der Waals surface area contributed by atoms with E-state index in [1.54, 1.807) is 0 Å². The summed E-state index contributed by atoms with van der Waals surface area (Å²) in [6.07, 6.45) is 1.87. The lowest BCUT2D eigenvalue weighted by molar-refractivity contribution is 0.669. The highest BCUT2D eigenvalue weighted by molar-refractivity contribution is 6.13. The lowest BCUT2D eigenvalue weighted by Gasteiger charge is -2.12. The molecule has 6 nitrogen and oxygen atoms in total. The highest BCUT2D eigenvalue weighted by Gasteiger charge is 2.20. The van der Waals surface area contributed by atoms with Gasteiger partial charge in [-0.25, -0.2) is 9.97 Å². The quantitative estimate of drug-likeness (QED) is 0.168. The van der Waals surface area contributed by atoms with Gasteiger partial charge in [0, 0.05) is 55.5 Å². The fraction of sp³-hybridized carbons (Fsp3) is 0. The molecule has 0 aliphatic rings. The molecule has 0 saturated heterocycles. The summed E-state index contributed by atoms with van der Waals surface area (Å²) in [7, 11) is 0. The maximum atomic E-state index is 6.35. The number of hydrogen-bond acceptors (Lipinski definition) is 4. The van der Waals surface area contributed by atoms with Gasteiger partial charge in [0.1, 0.15) is 11.1 Å². The van der Waals surface area contributed by atoms with E-state index in [0.717, 1.165) is 105 Å². The first kappa shape index (κ1) is 35.2. The number of rotatable bonds is 6. The van der Waals surface area contributed by atoms with Crippen LogP contribution in [0, 0.1) is 0 Å². The Morgan fingerprint density at radius 1 is 0.365 bits per heavy atom. The van der Waals surface area contributed by atoms with Crippen molar-refractivity contribution in [3.63, 3.8) is 0 Å². The van der Waals surface area contributed by atoms with Crippen LogP contribution in [0.5, 0.6) is 0 Å². The van der Waals surface area contributed by atoms with E-state index in [1.165, 1.54) is 10.8 Å². The summed E-state index contributed by atoms with van der Waals surface area (Å²) >= 11 is 0. The van der Waals surface area contributed by atoms with Crippen LogP contribution in [0.1, 0.15) is 0 Å². The molecule has 0 unspecified atom stereocenters. The minimum absolute atomic E-state index is 0.636. The summed E-state index contributed by atoms with van der Waals surface area (Å²) in [5, 5.41) is 5.74. The molecule has 13 rings (SSSR count). The fourth-order valence-electron chi connectivity index (χ4n) is 9.47. The molecule has 13 aromatic rings. The second-order valence-electron chi connectivity index (χ2n) is 16.0. The standard InChI is InChI=1S/C57H35N5O/c1-3-13-37(14-4-1)48-35-49(38-15-5-2-6-16-38)60-57(59-48)62-51-21-11-8-18-44(51)47-33-39(26-30-52(47)62)40-25-29-45-43-17-7-10-20-50(43)61(53(45)34-40)41-27-23-36(24-28-41)42-31-32-58-55-46-19-9-12-22-54(46)63-56(42)55/h1-35H. The molecule has 0 N–H and O–H groups in total. The molecule has 0 amide bonds. The summed E-state index contributed by atoms with van der Waals surface area (Å²) < 4.78 is 10.9. The predicted octanol–water partition coefficient (Wildman–Crippen LogP) is 14.6. The Bertz CT molecular complexity index is 3840. The SMILES string of the molecule is c1ccc(-c2cc(-c3ccccc3)nc(-n3c4ccccc4c4cc(-c5ccc6c7ccccc7n(-c7ccc(-c8ccnc9c8oc8ccccc89)cc7)c6c5)ccc43)n2)cc1. The van der Waals surface area contributed by atoms with Crippen molar-refractivity contribution in [2.45, 2.75) is 0 Å². The van der Waals surface area contributed by atoms with Crippen molar-refractivity contribution < 1.29 is 4.42 Å². The van der Waals surface area contributed by atoms with E-state index in [4.69, 9.17) is 14.4 Å². The first-order valence-corrected chi connectivity index (χ1v) is 21.2. The van der Waals surface area contributed by atoms with Gasteiger partial charge in [-0.2, -0.15) is 0 Å². The highest BCUT2D eigenvalue weighted by Crippen LogP contribution is 2.40. The topological polar surface area (TPSA) is 61.7 Å². The Kier molecular flexibility index (Phi) is 7.80. The summed E-state index contributed by atoms with van der Waals surface area (Å²) in [4.78, 5) is 15.1. The van der Waals surface area contributed by atoms with Crippen LogP contribution in [0.4, 0.5) is 0 Å². The van der Waals surface area contributed by atoms with Crippen LogP contribution in [-0.2, 0) is 0 Å². The second-order valence-corrected chi connectivity index (χ2v) is 16.0. The molecule has 6 heteroatoms. The molecule has 5 heterocycles. The van der Waals surface area contributed by atoms with Gasteiger partial charge in [0.15, 0.2) is 5.58 Å². The van der Waals surface area contributed by atoms with E-state index in [0.29, 0.717) is 5.95 Å². The van der Waals surface area contributed by atoms with Crippen LogP contribution >= 0.6 is 0 Å². The second kappa shape index (κ2) is 14.0. The van der Waals surface area contributed by atoms with Gasteiger partial charge >= 0.3 is 0 Å². The lowest BCUT2D eigenvalue weighted by atomic mass is 10.0. The van der Waals surface area contributed by atoms with E-state index < -0.39 is 0 Å². The number of furan rings is 1. The first-order chi connectivity index (χ1) is 31.2. The zero-order valence-corrected chi connectivity index (χ0v) is 33.9. The van der Waals surface area contributed by atoms with Crippen molar-refractivity contribution in [2.24, 2.45) is 0 Å². The summed E-state index contributed by atoms with van der Waals surface area (Å²) in [6, 6.07) is 72.6. The van der Waals surface area contributed by atoms with Crippen LogP contribution in [0.25, 0.3) is 122 Å². The third-order valence-electron chi connectivity index (χ3n) is 12.4. The molecular formula is C57H35N5O. The van der Waals surface area contributed by atoms with Gasteiger partial charge in [0.05, 0.1) is 33.5 Å². The van der Waals surface area contributed by atoms with Gasteiger partial charge in [-0.1, -0.05) is 140 Å². The average Bonchev–Trinajstić information content (AvgIpc) is 4.02. The van der Waals surface area contributed by atoms with E-state index >= 15 is 0 Å². The van der Waals surface area contributed by atoms with Gasteiger partial charge in [-0.05, 0) is 83.4 Å². The molecule has 294 valence electrons. The number of para-hydroxylation sites is 3. The number of aromatic nitrogens is 5. The van der Waals surface area contributed by atoms with Crippen molar-refractivity contribution in [3.05, 3.63) is 212 Å². The number of nitrogens with zero attached hydrogens (tertiary/aromatic N) is 5. The molecule has 0 bridgehead atoms. The van der Waals surface area contributed by atoms with Crippen LogP contribution in [0.2, 0.25) is 0 Å². The smallest absolute Gasteiger partial charge is 0.235 e. The molecule has 0 radical (unpaired) electrons. The number of fused-ring (bicyclic) bond motifs is 9. The van der Waals surface area contributed by atoms with Crippen LogP contribution in [-0.4, -0.2) is 24.1 Å². The van der Waals surface area contributed by atoms with Crippen molar-refractivity contribution in [3.8, 4) is 56.4 Å². The normalized spacial score (nSPS) is 11.8. The van der Waals surface area contributed by atoms with Crippen molar-refractivity contribution in [2.75, 3.05) is 0 Å². The Hall–Kier alpha value is -8.61. The van der Waals surface area contributed by atoms with Gasteiger partial charge in [0.25, 0.3) is 0 Å². The predicted molar refractivity (Wildman–Crippen MR) is 258 cm³/mol. The summed E-state index contributed by atoms with van der Waals surface area (Å²) in [5.41, 5.74) is 16.2. The molecule has 0 fully saturated rings. The molecule has 0 atom stereocenters. The fourth-order valence-corrected chi connectivity index (χ4v) is 9.47. The van der Waals surface area contributed by atoms with Gasteiger partial charge in [-0.15, -0.1) is 0 Å². The minimum atomic E-state index is 0.636. The van der Waals surface area contributed by atoms with Crippen LogP contribution < -0.4 is 0 Å². The van der Waals surface area contributed by atoms with Crippen molar-refractivity contribution in [1.29, 1.82) is 0 Å². The number of benzene rings is 8. The summed E-state index contributed by atoms with van der Waals surface area (Å²) in [5.74, 6) is 0.636. The molecule has 0 aliphatic heterocycles. The minimum Gasteiger partial charge on any atom is -0.454 e. The highest BCUT2D eigenvalue weighted by atomic mass is 16.3. The van der Waals surface area contributed by atoms with E-state index in [9.17, 15) is 0 Å². The molecular weight excluding hydrogens is 771 g/mol. The number of pyridine rings is 1. The van der Waals surface area contributed by atoms with E-state index in [1.807, 2.05) is 42.6 Å². The summed E-state index contributed by atoms with van der Waals surface area (Å²) in [6.45, 7) is 0. The third-order valence-corrected chi connectivity index (χ3v) is 12.4. The third kappa shape index (κ3) is 5.62. The Labute approximate surface area is 361 Å². The Morgan fingerprint density at radius 3 is 1.65 bits per heavy atom. The lowest BCUT2D eigenvalue weighted by Crippen LogP contribution is -2.03. The van der Waals surface area contributed by atoms with Gasteiger partial charge in [-0.3, -0.25) is 9.55 Å². The zero-order valence-electron chi connectivity index (χ0n) is 33.9. The Balaban J connectivity index is 0.947.